The summed E-state index contributed by atoms with van der Waals surface area (Å²) in [5.41, 5.74) is 0.954. The van der Waals surface area contributed by atoms with Gasteiger partial charge in [0, 0.05) is 16.3 Å². The van der Waals surface area contributed by atoms with Crippen LogP contribution in [0.5, 0.6) is 0 Å². The quantitative estimate of drug-likeness (QED) is 0.600. The molecule has 0 atom stereocenters. The van der Waals surface area contributed by atoms with Crippen molar-refractivity contribution in [1.29, 1.82) is 0 Å². The van der Waals surface area contributed by atoms with Crippen LogP contribution in [0.25, 0.3) is 0 Å². The van der Waals surface area contributed by atoms with E-state index < -0.39 is 0 Å². The highest BCUT2D eigenvalue weighted by Gasteiger charge is 2.07. The minimum absolute atomic E-state index is 0.0178. The molecular weight excluding hydrogens is 239 g/mol. The van der Waals surface area contributed by atoms with E-state index in [1.54, 1.807) is 11.8 Å². The first-order valence-electron chi connectivity index (χ1n) is 4.07. The van der Waals surface area contributed by atoms with Gasteiger partial charge < -0.3 is 0 Å². The number of carbonyl (C=O) groups excluding carboxylic acids is 1. The van der Waals surface area contributed by atoms with E-state index in [4.69, 9.17) is 23.2 Å². The predicted molar refractivity (Wildman–Crippen MR) is 62.7 cm³/mol. The maximum absolute atomic E-state index is 11.2. The summed E-state index contributed by atoms with van der Waals surface area (Å²) < 4.78 is 0. The van der Waals surface area contributed by atoms with E-state index >= 15 is 0 Å². The summed E-state index contributed by atoms with van der Waals surface area (Å²) in [5, 5.41) is 0.653. The molecule has 1 rings (SSSR count). The molecule has 0 saturated heterocycles. The molecule has 14 heavy (non-hydrogen) atoms. The van der Waals surface area contributed by atoms with Crippen molar-refractivity contribution in [3.8, 4) is 0 Å². The van der Waals surface area contributed by atoms with E-state index in [0.29, 0.717) is 11.4 Å². The fraction of sp³-hybridized carbons (Fsp3) is 0.300. The Morgan fingerprint density at radius 2 is 2.21 bits per heavy atom. The summed E-state index contributed by atoms with van der Waals surface area (Å²) in [5.74, 6) is 0.0737. The molecule has 0 unspecified atom stereocenters. The second kappa shape index (κ2) is 5.64. The van der Waals surface area contributed by atoms with E-state index in [2.05, 4.69) is 0 Å². The van der Waals surface area contributed by atoms with E-state index in [0.717, 1.165) is 10.5 Å². The summed E-state index contributed by atoms with van der Waals surface area (Å²) in [4.78, 5) is 12.3. The van der Waals surface area contributed by atoms with Gasteiger partial charge in [-0.05, 0) is 30.0 Å². The zero-order chi connectivity index (χ0) is 10.6. The fourth-order valence-corrected chi connectivity index (χ4v) is 2.03. The third-order valence-corrected chi connectivity index (χ3v) is 3.15. The molecule has 0 N–H and O–H groups in total. The van der Waals surface area contributed by atoms with Gasteiger partial charge in [0.1, 0.15) is 0 Å². The Labute approximate surface area is 97.8 Å². The minimum Gasteiger partial charge on any atom is -0.298 e. The summed E-state index contributed by atoms with van der Waals surface area (Å²) in [6, 6.07) is 5.56. The van der Waals surface area contributed by atoms with E-state index in [9.17, 15) is 4.79 Å². The zero-order valence-corrected chi connectivity index (χ0v) is 10.0. The number of hydrogen-bond donors (Lipinski definition) is 0. The number of benzene rings is 1. The van der Waals surface area contributed by atoms with Crippen LogP contribution in [0.1, 0.15) is 5.56 Å². The maximum Gasteiger partial charge on any atom is 0.151 e. The van der Waals surface area contributed by atoms with Crippen LogP contribution in [0.15, 0.2) is 23.1 Å². The summed E-state index contributed by atoms with van der Waals surface area (Å²) in [6.45, 7) is 0. The Bertz CT molecular complexity index is 339. The molecule has 0 aliphatic rings. The van der Waals surface area contributed by atoms with Gasteiger partial charge in [-0.25, -0.2) is 0 Å². The molecule has 1 nitrogen and oxygen atoms in total. The topological polar surface area (TPSA) is 17.1 Å². The molecule has 0 bridgehead atoms. The molecule has 4 heteroatoms. The largest absolute Gasteiger partial charge is 0.298 e. The predicted octanol–water partition coefficient (Wildman–Crippen LogP) is 3.41. The molecular formula is C10H10Cl2OS. The van der Waals surface area contributed by atoms with Crippen molar-refractivity contribution in [2.24, 2.45) is 0 Å². The molecule has 1 aromatic carbocycles. The lowest BCUT2D eigenvalue weighted by Crippen LogP contribution is -2.04. The van der Waals surface area contributed by atoms with Gasteiger partial charge in [-0.2, -0.15) is 0 Å². The normalized spacial score (nSPS) is 10.2. The van der Waals surface area contributed by atoms with Crippen molar-refractivity contribution >= 4 is 40.7 Å². The van der Waals surface area contributed by atoms with Crippen molar-refractivity contribution in [3.05, 3.63) is 28.8 Å². The van der Waals surface area contributed by atoms with Crippen LogP contribution in [0, 0.1) is 0 Å². The van der Waals surface area contributed by atoms with Gasteiger partial charge in [-0.15, -0.1) is 23.4 Å². The van der Waals surface area contributed by atoms with Crippen LogP contribution in [0.4, 0.5) is 0 Å². The maximum atomic E-state index is 11.2. The molecule has 0 aromatic heterocycles. The monoisotopic (exact) mass is 248 g/mol. The van der Waals surface area contributed by atoms with Gasteiger partial charge in [-0.3, -0.25) is 4.79 Å². The van der Waals surface area contributed by atoms with E-state index in [1.807, 2.05) is 24.5 Å². The van der Waals surface area contributed by atoms with Crippen LogP contribution in [0.3, 0.4) is 0 Å². The van der Waals surface area contributed by atoms with Gasteiger partial charge in [-0.1, -0.05) is 11.6 Å². The lowest BCUT2D eigenvalue weighted by molar-refractivity contribution is -0.116. The first-order valence-corrected chi connectivity index (χ1v) is 6.21. The number of thioether (sulfide) groups is 1. The van der Waals surface area contributed by atoms with Gasteiger partial charge >= 0.3 is 0 Å². The molecule has 0 spiro atoms. The van der Waals surface area contributed by atoms with Crippen molar-refractivity contribution in [1.82, 2.24) is 0 Å². The average molecular weight is 249 g/mol. The number of hydrogen-bond acceptors (Lipinski definition) is 2. The smallest absolute Gasteiger partial charge is 0.151 e. The van der Waals surface area contributed by atoms with Gasteiger partial charge in [0.25, 0.3) is 0 Å². The highest BCUT2D eigenvalue weighted by Crippen LogP contribution is 2.24. The van der Waals surface area contributed by atoms with Crippen LogP contribution in [-0.2, 0) is 11.2 Å². The van der Waals surface area contributed by atoms with Crippen LogP contribution < -0.4 is 0 Å². The first-order chi connectivity index (χ1) is 6.67. The second-order valence-corrected chi connectivity index (χ2v) is 4.36. The second-order valence-electron chi connectivity index (χ2n) is 2.81. The van der Waals surface area contributed by atoms with Crippen LogP contribution in [-0.4, -0.2) is 17.9 Å². The number of rotatable bonds is 4. The van der Waals surface area contributed by atoms with Crippen LogP contribution >= 0.6 is 35.0 Å². The van der Waals surface area contributed by atoms with Crippen molar-refractivity contribution in [2.75, 3.05) is 12.1 Å². The highest BCUT2D eigenvalue weighted by atomic mass is 35.5. The Morgan fingerprint density at radius 3 is 2.79 bits per heavy atom. The number of carbonyl (C=O) groups is 1. The van der Waals surface area contributed by atoms with Crippen molar-refractivity contribution in [2.45, 2.75) is 11.3 Å². The van der Waals surface area contributed by atoms with Gasteiger partial charge in [0.2, 0.25) is 0 Å². The summed E-state index contributed by atoms with van der Waals surface area (Å²) >= 11 is 12.9. The molecule has 0 saturated carbocycles. The molecule has 1 aromatic rings. The van der Waals surface area contributed by atoms with Crippen LogP contribution in [0.2, 0.25) is 5.02 Å². The molecule has 0 aliphatic carbocycles. The zero-order valence-electron chi connectivity index (χ0n) is 7.72. The molecule has 0 amide bonds. The van der Waals surface area contributed by atoms with Crippen molar-refractivity contribution < 1.29 is 4.79 Å². The summed E-state index contributed by atoms with van der Waals surface area (Å²) in [6.07, 6.45) is 2.33. The Kier molecular flexibility index (Phi) is 4.79. The molecule has 0 aliphatic heterocycles. The third-order valence-electron chi connectivity index (χ3n) is 1.78. The average Bonchev–Trinajstić information content (AvgIpc) is 2.18. The number of Topliss-reactive ketones (excluding diaryl/α,β-unsaturated/α-hetero) is 1. The standard InChI is InChI=1S/C10H10Cl2OS/c1-14-10-3-2-8(12)4-7(10)5-9(13)6-11/h2-4H,5-6H2,1H3. The van der Waals surface area contributed by atoms with Gasteiger partial charge in [0.15, 0.2) is 5.78 Å². The fourth-order valence-electron chi connectivity index (χ4n) is 1.14. The van der Waals surface area contributed by atoms with E-state index in [1.165, 1.54) is 0 Å². The minimum atomic E-state index is 0.0178. The Morgan fingerprint density at radius 1 is 1.50 bits per heavy atom. The van der Waals surface area contributed by atoms with E-state index in [-0.39, 0.29) is 11.7 Å². The van der Waals surface area contributed by atoms with Crippen molar-refractivity contribution in [3.63, 3.8) is 0 Å². The lowest BCUT2D eigenvalue weighted by atomic mass is 10.1. The summed E-state index contributed by atoms with van der Waals surface area (Å²) in [7, 11) is 0. The SMILES string of the molecule is CSc1ccc(Cl)cc1CC(=O)CCl. The first kappa shape index (κ1) is 11.9. The van der Waals surface area contributed by atoms with Gasteiger partial charge in [0.05, 0.1) is 5.88 Å². The number of halogens is 2. The number of alkyl halides is 1. The lowest BCUT2D eigenvalue weighted by Gasteiger charge is -2.05. The molecule has 76 valence electrons. The molecule has 0 radical (unpaired) electrons. The Balaban J connectivity index is 2.93. The highest BCUT2D eigenvalue weighted by molar-refractivity contribution is 7.98. The number of ketones is 1. The molecule has 0 heterocycles. The Hall–Kier alpha value is -0.180. The molecule has 0 fully saturated rings. The third kappa shape index (κ3) is 3.19.